The summed E-state index contributed by atoms with van der Waals surface area (Å²) in [5.74, 6) is 1.75. The van der Waals surface area contributed by atoms with Gasteiger partial charge in [0.15, 0.2) is 17.5 Å². The summed E-state index contributed by atoms with van der Waals surface area (Å²) in [4.78, 5) is 15.7. The summed E-state index contributed by atoms with van der Waals surface area (Å²) in [5.41, 5.74) is 9.33. The number of fused-ring (bicyclic) bond motifs is 13. The van der Waals surface area contributed by atoms with Gasteiger partial charge < -0.3 is 13.4 Å². The minimum atomic E-state index is 0.581. The molecule has 6 nitrogen and oxygen atoms in total. The highest BCUT2D eigenvalue weighted by molar-refractivity contribution is 7.26. The van der Waals surface area contributed by atoms with E-state index in [-0.39, 0.29) is 0 Å². The maximum absolute atomic E-state index is 6.47. The highest BCUT2D eigenvalue weighted by Crippen LogP contribution is 2.43. The first-order valence-corrected chi connectivity index (χ1v) is 20.1. The van der Waals surface area contributed by atoms with Crippen LogP contribution in [0.5, 0.6) is 0 Å². The quantitative estimate of drug-likeness (QED) is 0.179. The molecule has 270 valence electrons. The van der Waals surface area contributed by atoms with Crippen LogP contribution in [-0.4, -0.2) is 19.5 Å². The number of thiophene rings is 1. The lowest BCUT2D eigenvalue weighted by atomic mass is 10.0. The van der Waals surface area contributed by atoms with E-state index in [1.807, 2.05) is 47.7 Å². The standard InChI is InChI=1S/C51H28N4O2S/c1-5-16-39-33(12-1)34-13-2-6-17-40(34)55(39)32-11-9-10-29(26-32)49-52-50(30-20-22-42-37(27-30)35-14-3-7-18-41(35)56-42)54-51(53-49)31-21-23-43-38(28-31)47-44(57-43)24-25-46-48(47)36-15-4-8-19-45(36)58-46/h1-28H. The van der Waals surface area contributed by atoms with Gasteiger partial charge in [-0.3, -0.25) is 0 Å². The number of nitrogens with zero attached hydrogens (tertiary/aromatic N) is 4. The Morgan fingerprint density at radius 3 is 1.66 bits per heavy atom. The summed E-state index contributed by atoms with van der Waals surface area (Å²) in [7, 11) is 0. The second-order valence-electron chi connectivity index (χ2n) is 14.8. The average molecular weight is 761 g/mol. The number of benzene rings is 8. The molecule has 5 heterocycles. The summed E-state index contributed by atoms with van der Waals surface area (Å²) in [6.45, 7) is 0. The molecule has 13 aromatic rings. The van der Waals surface area contributed by atoms with Crippen molar-refractivity contribution in [1.82, 2.24) is 19.5 Å². The smallest absolute Gasteiger partial charge is 0.164 e. The molecule has 0 unspecified atom stereocenters. The molecule has 0 aliphatic rings. The molecule has 0 radical (unpaired) electrons. The van der Waals surface area contributed by atoms with Crippen molar-refractivity contribution in [2.45, 2.75) is 0 Å². The molecule has 0 bridgehead atoms. The molecule has 58 heavy (non-hydrogen) atoms. The zero-order valence-corrected chi connectivity index (χ0v) is 31.5. The van der Waals surface area contributed by atoms with Gasteiger partial charge >= 0.3 is 0 Å². The lowest BCUT2D eigenvalue weighted by Crippen LogP contribution is -2.01. The first kappa shape index (κ1) is 31.6. The van der Waals surface area contributed by atoms with Crippen LogP contribution in [0.3, 0.4) is 0 Å². The van der Waals surface area contributed by atoms with Crippen molar-refractivity contribution in [2.75, 3.05) is 0 Å². The van der Waals surface area contributed by atoms with Crippen molar-refractivity contribution >= 4 is 97.2 Å². The number of furan rings is 2. The van der Waals surface area contributed by atoms with E-state index in [0.717, 1.165) is 77.3 Å². The predicted molar refractivity (Wildman–Crippen MR) is 238 cm³/mol. The van der Waals surface area contributed by atoms with Crippen LogP contribution in [0.25, 0.3) is 126 Å². The van der Waals surface area contributed by atoms with E-state index in [0.29, 0.717) is 17.5 Å². The van der Waals surface area contributed by atoms with Crippen molar-refractivity contribution in [3.05, 3.63) is 170 Å². The van der Waals surface area contributed by atoms with Gasteiger partial charge in [-0.1, -0.05) is 84.9 Å². The van der Waals surface area contributed by atoms with Gasteiger partial charge in [-0.25, -0.2) is 15.0 Å². The molecule has 5 aromatic heterocycles. The summed E-state index contributed by atoms with van der Waals surface area (Å²) >= 11 is 1.81. The average Bonchev–Trinajstić information content (AvgIpc) is 4.04. The normalized spacial score (nSPS) is 12.1. The van der Waals surface area contributed by atoms with Crippen LogP contribution in [0.15, 0.2) is 179 Å². The Kier molecular flexibility index (Phi) is 6.50. The van der Waals surface area contributed by atoms with Crippen molar-refractivity contribution in [1.29, 1.82) is 0 Å². The van der Waals surface area contributed by atoms with Gasteiger partial charge in [0.1, 0.15) is 22.3 Å². The molecule has 0 saturated heterocycles. The third-order valence-corrected chi connectivity index (χ3v) is 12.6. The van der Waals surface area contributed by atoms with Crippen LogP contribution in [0.4, 0.5) is 0 Å². The highest BCUT2D eigenvalue weighted by atomic mass is 32.1. The summed E-state index contributed by atoms with van der Waals surface area (Å²) in [5, 5.41) is 9.09. The van der Waals surface area contributed by atoms with Crippen molar-refractivity contribution in [3.63, 3.8) is 0 Å². The Bertz CT molecular complexity index is 3780. The van der Waals surface area contributed by atoms with Gasteiger partial charge in [0.25, 0.3) is 0 Å². The monoisotopic (exact) mass is 760 g/mol. The number of hydrogen-bond donors (Lipinski definition) is 0. The number of para-hydroxylation sites is 3. The number of aromatic nitrogens is 4. The van der Waals surface area contributed by atoms with E-state index in [9.17, 15) is 0 Å². The van der Waals surface area contributed by atoms with Gasteiger partial charge in [-0.05, 0) is 84.9 Å². The lowest BCUT2D eigenvalue weighted by molar-refractivity contribution is 0.668. The molecular formula is C51H28N4O2S. The third-order valence-electron chi connectivity index (χ3n) is 11.4. The fourth-order valence-electron chi connectivity index (χ4n) is 8.84. The molecule has 0 aliphatic carbocycles. The molecule has 7 heteroatoms. The zero-order valence-electron chi connectivity index (χ0n) is 30.7. The molecule has 0 N–H and O–H groups in total. The van der Waals surface area contributed by atoms with E-state index >= 15 is 0 Å². The van der Waals surface area contributed by atoms with E-state index < -0.39 is 0 Å². The van der Waals surface area contributed by atoms with Crippen LogP contribution in [-0.2, 0) is 0 Å². The molecule has 0 amide bonds. The zero-order chi connectivity index (χ0) is 37.9. The van der Waals surface area contributed by atoms with E-state index in [4.69, 9.17) is 23.8 Å². The minimum Gasteiger partial charge on any atom is -0.456 e. The Labute approximate surface area is 333 Å². The predicted octanol–water partition coefficient (Wildman–Crippen LogP) is 14.1. The summed E-state index contributed by atoms with van der Waals surface area (Å²) in [6, 6.07) is 59.0. The van der Waals surface area contributed by atoms with Crippen molar-refractivity contribution in [3.8, 4) is 39.9 Å². The largest absolute Gasteiger partial charge is 0.456 e. The van der Waals surface area contributed by atoms with Crippen LogP contribution >= 0.6 is 11.3 Å². The van der Waals surface area contributed by atoms with E-state index in [1.165, 1.54) is 30.9 Å². The Morgan fingerprint density at radius 2 is 0.914 bits per heavy atom. The molecule has 0 aliphatic heterocycles. The molecule has 13 rings (SSSR count). The Hall–Kier alpha value is -7.61. The molecule has 0 fully saturated rings. The maximum Gasteiger partial charge on any atom is 0.164 e. The maximum atomic E-state index is 6.47. The van der Waals surface area contributed by atoms with Gasteiger partial charge in [0.05, 0.1) is 11.0 Å². The molecule has 0 saturated carbocycles. The van der Waals surface area contributed by atoms with Gasteiger partial charge in [0, 0.05) is 74.9 Å². The lowest BCUT2D eigenvalue weighted by Gasteiger charge is -2.11. The minimum absolute atomic E-state index is 0.581. The summed E-state index contributed by atoms with van der Waals surface area (Å²) in [6.07, 6.45) is 0. The first-order valence-electron chi connectivity index (χ1n) is 19.3. The first-order chi connectivity index (χ1) is 28.7. The fourth-order valence-corrected chi connectivity index (χ4v) is 9.95. The number of rotatable bonds is 4. The van der Waals surface area contributed by atoms with Gasteiger partial charge in [-0.2, -0.15) is 0 Å². The second kappa shape index (κ2) is 11.9. The van der Waals surface area contributed by atoms with Crippen LogP contribution in [0.2, 0.25) is 0 Å². The summed E-state index contributed by atoms with van der Waals surface area (Å²) < 4.78 is 17.5. The van der Waals surface area contributed by atoms with Crippen LogP contribution in [0, 0.1) is 0 Å². The van der Waals surface area contributed by atoms with Crippen molar-refractivity contribution in [2.24, 2.45) is 0 Å². The molecule has 0 spiro atoms. The van der Waals surface area contributed by atoms with Crippen LogP contribution in [0.1, 0.15) is 0 Å². The van der Waals surface area contributed by atoms with Crippen molar-refractivity contribution < 1.29 is 8.83 Å². The Balaban J connectivity index is 1.04. The highest BCUT2D eigenvalue weighted by Gasteiger charge is 2.20. The molecule has 8 aromatic carbocycles. The van der Waals surface area contributed by atoms with E-state index in [1.54, 1.807) is 0 Å². The van der Waals surface area contributed by atoms with E-state index in [2.05, 4.69) is 138 Å². The second-order valence-corrected chi connectivity index (χ2v) is 15.8. The molecular weight excluding hydrogens is 733 g/mol. The SMILES string of the molecule is c1cc(-c2nc(-c3ccc4oc5ccccc5c4c3)nc(-c3ccc4oc5ccc6sc7ccccc7c6c5c4c3)n2)cc(-n2c3ccccc3c3ccccc32)c1. The number of hydrogen-bond acceptors (Lipinski definition) is 6. The van der Waals surface area contributed by atoms with Crippen LogP contribution < -0.4 is 0 Å². The van der Waals surface area contributed by atoms with Gasteiger partial charge in [-0.15, -0.1) is 11.3 Å². The fraction of sp³-hybridized carbons (Fsp3) is 0. The van der Waals surface area contributed by atoms with Gasteiger partial charge in [0.2, 0.25) is 0 Å². The third kappa shape index (κ3) is 4.62. The molecule has 0 atom stereocenters. The topological polar surface area (TPSA) is 69.9 Å². The Morgan fingerprint density at radius 1 is 0.362 bits per heavy atom.